The highest BCUT2D eigenvalue weighted by atomic mass is 127. The van der Waals surface area contributed by atoms with Gasteiger partial charge in [0.2, 0.25) is 5.91 Å². The van der Waals surface area contributed by atoms with Crippen LogP contribution in [0, 0.1) is 0 Å². The van der Waals surface area contributed by atoms with Crippen LogP contribution in [0.1, 0.15) is 11.1 Å². The lowest BCUT2D eigenvalue weighted by Crippen LogP contribution is -2.46. The number of ether oxygens (including phenoxy) is 2. The number of carbonyl (C=O) groups excluding carboxylic acids is 1. The fourth-order valence-corrected chi connectivity index (χ4v) is 3.68. The van der Waals surface area contributed by atoms with Gasteiger partial charge in [-0.05, 0) is 11.1 Å². The Morgan fingerprint density at radius 1 is 0.970 bits per heavy atom. The molecule has 10 heteroatoms. The Hall–Kier alpha value is -1.47. The summed E-state index contributed by atoms with van der Waals surface area (Å²) in [5.41, 5.74) is 2.49. The molecule has 2 saturated heterocycles. The minimum atomic E-state index is 0. The molecule has 0 bridgehead atoms. The number of benzene rings is 1. The van der Waals surface area contributed by atoms with Crippen molar-refractivity contribution >= 4 is 35.8 Å². The van der Waals surface area contributed by atoms with E-state index in [0.29, 0.717) is 12.5 Å². The van der Waals surface area contributed by atoms with Crippen molar-refractivity contribution in [2.45, 2.75) is 13.1 Å². The van der Waals surface area contributed by atoms with Crippen molar-refractivity contribution < 1.29 is 14.3 Å². The van der Waals surface area contributed by atoms with Gasteiger partial charge in [0, 0.05) is 59.9 Å². The Balaban J connectivity index is 0.00000385. The van der Waals surface area contributed by atoms with Crippen molar-refractivity contribution in [3.05, 3.63) is 35.4 Å². The number of nitrogens with one attached hydrogen (secondary N) is 2. The van der Waals surface area contributed by atoms with Gasteiger partial charge in [-0.25, -0.2) is 4.99 Å². The molecule has 186 valence electrons. The number of likely N-dealkylation sites (N-methyl/N-ethyl adjacent to an activating group) is 1. The van der Waals surface area contributed by atoms with Crippen LogP contribution >= 0.6 is 24.0 Å². The second-order valence-corrected chi connectivity index (χ2v) is 8.34. The largest absolute Gasteiger partial charge is 0.379 e. The number of halogens is 1. The predicted molar refractivity (Wildman–Crippen MR) is 141 cm³/mol. The van der Waals surface area contributed by atoms with Crippen LogP contribution in [0.15, 0.2) is 29.3 Å². The van der Waals surface area contributed by atoms with Crippen LogP contribution < -0.4 is 10.6 Å². The monoisotopic (exact) mass is 574 g/mol. The minimum absolute atomic E-state index is 0. The smallest absolute Gasteiger partial charge is 0.241 e. The van der Waals surface area contributed by atoms with Gasteiger partial charge in [0.1, 0.15) is 0 Å². The molecule has 0 aromatic heterocycles. The van der Waals surface area contributed by atoms with Crippen molar-refractivity contribution in [1.29, 1.82) is 0 Å². The molecule has 0 aliphatic carbocycles. The molecule has 2 aliphatic rings. The molecule has 1 aromatic rings. The summed E-state index contributed by atoms with van der Waals surface area (Å²) in [4.78, 5) is 23.2. The molecule has 0 atom stereocenters. The van der Waals surface area contributed by atoms with Crippen LogP contribution in [0.2, 0.25) is 0 Å². The molecule has 0 spiro atoms. The van der Waals surface area contributed by atoms with Gasteiger partial charge in [0.15, 0.2) is 5.96 Å². The number of hydrogen-bond donors (Lipinski definition) is 2. The summed E-state index contributed by atoms with van der Waals surface area (Å²) >= 11 is 0. The van der Waals surface area contributed by atoms with Gasteiger partial charge in [-0.1, -0.05) is 24.3 Å². The minimum Gasteiger partial charge on any atom is -0.379 e. The quantitative estimate of drug-likeness (QED) is 0.254. The van der Waals surface area contributed by atoms with E-state index >= 15 is 0 Å². The highest BCUT2D eigenvalue weighted by Crippen LogP contribution is 2.14. The van der Waals surface area contributed by atoms with E-state index in [1.807, 2.05) is 0 Å². The van der Waals surface area contributed by atoms with E-state index in [-0.39, 0.29) is 36.4 Å². The van der Waals surface area contributed by atoms with E-state index in [2.05, 4.69) is 44.7 Å². The van der Waals surface area contributed by atoms with Gasteiger partial charge in [-0.3, -0.25) is 14.6 Å². The van der Waals surface area contributed by atoms with Crippen LogP contribution in [0.4, 0.5) is 0 Å². The van der Waals surface area contributed by atoms with Crippen LogP contribution in [-0.2, 0) is 27.4 Å². The maximum Gasteiger partial charge on any atom is 0.241 e. The first-order valence-electron chi connectivity index (χ1n) is 11.5. The number of nitrogens with zero attached hydrogens (tertiary/aromatic N) is 4. The molecule has 0 unspecified atom stereocenters. The Morgan fingerprint density at radius 3 is 2.21 bits per heavy atom. The number of guanidine groups is 1. The lowest BCUT2D eigenvalue weighted by molar-refractivity contribution is -0.127. The van der Waals surface area contributed by atoms with E-state index in [0.717, 1.165) is 72.2 Å². The maximum atomic E-state index is 12.1. The molecular formula is C23H39IN6O3. The molecule has 2 aliphatic heterocycles. The molecule has 1 amide bonds. The summed E-state index contributed by atoms with van der Waals surface area (Å²) in [5.74, 6) is 0.676. The van der Waals surface area contributed by atoms with E-state index in [1.165, 1.54) is 11.1 Å². The zero-order valence-corrected chi connectivity index (χ0v) is 22.3. The third kappa shape index (κ3) is 10.1. The van der Waals surface area contributed by atoms with Crippen molar-refractivity contribution in [1.82, 2.24) is 25.3 Å². The number of morpholine rings is 2. The van der Waals surface area contributed by atoms with Crippen molar-refractivity contribution in [3.63, 3.8) is 0 Å². The average molecular weight is 575 g/mol. The third-order valence-electron chi connectivity index (χ3n) is 5.75. The highest BCUT2D eigenvalue weighted by molar-refractivity contribution is 14.0. The number of hydrogen-bond acceptors (Lipinski definition) is 6. The SMILES string of the molecule is CN(C)C(=O)CNC(=NCc1ccccc1CN1CCOCC1)NCCN1CCOCC1.I. The topological polar surface area (TPSA) is 81.7 Å². The fraction of sp³-hybridized carbons (Fsp3) is 0.652. The first kappa shape index (κ1) is 27.8. The standard InChI is InChI=1S/C23H38N6O3.HI/c1-27(2)22(30)18-26-23(24-7-8-28-9-13-31-14-10-28)25-17-20-5-3-4-6-21(20)19-29-11-15-32-16-12-29;/h3-6H,7-19H2,1-2H3,(H2,24,25,26);1H. The van der Waals surface area contributed by atoms with E-state index in [9.17, 15) is 4.79 Å². The van der Waals surface area contributed by atoms with Crippen LogP contribution in [0.5, 0.6) is 0 Å². The van der Waals surface area contributed by atoms with Crippen LogP contribution in [-0.4, -0.2) is 113 Å². The van der Waals surface area contributed by atoms with Crippen LogP contribution in [0.25, 0.3) is 0 Å². The summed E-state index contributed by atoms with van der Waals surface area (Å²) < 4.78 is 10.9. The molecule has 3 rings (SSSR count). The Labute approximate surface area is 214 Å². The van der Waals surface area contributed by atoms with Gasteiger partial charge >= 0.3 is 0 Å². The number of amides is 1. The number of aliphatic imine (C=N–C) groups is 1. The molecule has 33 heavy (non-hydrogen) atoms. The molecule has 1 aromatic carbocycles. The summed E-state index contributed by atoms with van der Waals surface area (Å²) in [5, 5.41) is 6.58. The van der Waals surface area contributed by atoms with Crippen molar-refractivity contribution in [2.24, 2.45) is 4.99 Å². The Kier molecular flexibility index (Phi) is 13.0. The molecule has 2 N–H and O–H groups in total. The third-order valence-corrected chi connectivity index (χ3v) is 5.75. The lowest BCUT2D eigenvalue weighted by atomic mass is 10.1. The summed E-state index contributed by atoms with van der Waals surface area (Å²) in [6, 6.07) is 8.45. The first-order chi connectivity index (χ1) is 15.6. The summed E-state index contributed by atoms with van der Waals surface area (Å²) in [7, 11) is 3.52. The zero-order chi connectivity index (χ0) is 22.6. The molecule has 2 fully saturated rings. The Bertz CT molecular complexity index is 737. The van der Waals surface area contributed by atoms with E-state index < -0.39 is 0 Å². The van der Waals surface area contributed by atoms with Gasteiger partial charge in [0.05, 0.1) is 39.5 Å². The van der Waals surface area contributed by atoms with E-state index in [1.54, 1.807) is 19.0 Å². The van der Waals surface area contributed by atoms with Gasteiger partial charge in [-0.15, -0.1) is 24.0 Å². The van der Waals surface area contributed by atoms with E-state index in [4.69, 9.17) is 14.5 Å². The second kappa shape index (κ2) is 15.4. The second-order valence-electron chi connectivity index (χ2n) is 8.34. The summed E-state index contributed by atoms with van der Waals surface area (Å²) in [6.45, 7) is 10.3. The van der Waals surface area contributed by atoms with Gasteiger partial charge < -0.3 is 25.0 Å². The maximum absolute atomic E-state index is 12.1. The van der Waals surface area contributed by atoms with Gasteiger partial charge in [-0.2, -0.15) is 0 Å². The van der Waals surface area contributed by atoms with Crippen LogP contribution in [0.3, 0.4) is 0 Å². The number of carbonyl (C=O) groups is 1. The van der Waals surface area contributed by atoms with Crippen molar-refractivity contribution in [2.75, 3.05) is 86.3 Å². The normalized spacial score (nSPS) is 17.8. The lowest BCUT2D eigenvalue weighted by Gasteiger charge is -2.27. The summed E-state index contributed by atoms with van der Waals surface area (Å²) in [6.07, 6.45) is 0. The zero-order valence-electron chi connectivity index (χ0n) is 19.9. The molecule has 9 nitrogen and oxygen atoms in total. The average Bonchev–Trinajstić information content (AvgIpc) is 2.82. The molecule has 0 saturated carbocycles. The Morgan fingerprint density at radius 2 is 1.58 bits per heavy atom. The highest BCUT2D eigenvalue weighted by Gasteiger charge is 2.13. The molecule has 0 radical (unpaired) electrons. The number of rotatable bonds is 9. The predicted octanol–water partition coefficient (Wildman–Crippen LogP) is 0.592. The molecule has 2 heterocycles. The van der Waals surface area contributed by atoms with Gasteiger partial charge in [0.25, 0.3) is 0 Å². The first-order valence-corrected chi connectivity index (χ1v) is 11.5. The van der Waals surface area contributed by atoms with Crippen molar-refractivity contribution in [3.8, 4) is 0 Å². The molecular weight excluding hydrogens is 535 g/mol. The fourth-order valence-electron chi connectivity index (χ4n) is 3.68.